The lowest BCUT2D eigenvalue weighted by Crippen LogP contribution is -2.27. The molecule has 110 valence electrons. The first-order valence-corrected chi connectivity index (χ1v) is 7.79. The predicted octanol–water partition coefficient (Wildman–Crippen LogP) is 4.28. The van der Waals surface area contributed by atoms with Gasteiger partial charge in [-0.25, -0.2) is 4.39 Å². The summed E-state index contributed by atoms with van der Waals surface area (Å²) in [7, 11) is 0. The predicted molar refractivity (Wildman–Crippen MR) is 91.3 cm³/mol. The minimum Gasteiger partial charge on any atom is -0.268 e. The molecule has 1 saturated heterocycles. The Labute approximate surface area is 140 Å². The molecule has 1 fully saturated rings. The van der Waals surface area contributed by atoms with Crippen LogP contribution in [-0.4, -0.2) is 15.2 Å². The summed E-state index contributed by atoms with van der Waals surface area (Å²) in [5.41, 5.74) is 1.31. The van der Waals surface area contributed by atoms with Crippen molar-refractivity contribution in [2.45, 2.75) is 0 Å². The molecule has 1 aliphatic rings. The van der Waals surface area contributed by atoms with E-state index in [2.05, 4.69) is 4.98 Å². The molecule has 0 radical (unpaired) electrons. The highest BCUT2D eigenvalue weighted by Crippen LogP contribution is 2.37. The molecular formula is C15H8ClFN2OS2. The van der Waals surface area contributed by atoms with Crippen molar-refractivity contribution < 1.29 is 9.18 Å². The number of amides is 1. The Kier molecular flexibility index (Phi) is 4.24. The largest absolute Gasteiger partial charge is 0.270 e. The van der Waals surface area contributed by atoms with E-state index in [0.717, 1.165) is 5.56 Å². The number of halogens is 2. The summed E-state index contributed by atoms with van der Waals surface area (Å²) in [6.07, 6.45) is 5.03. The van der Waals surface area contributed by atoms with Crippen LogP contribution in [0.3, 0.4) is 0 Å². The number of carbonyl (C=O) groups excluding carboxylic acids is 1. The minimum absolute atomic E-state index is 0.0512. The van der Waals surface area contributed by atoms with Crippen LogP contribution in [0.25, 0.3) is 6.08 Å². The third-order valence-electron chi connectivity index (χ3n) is 2.96. The van der Waals surface area contributed by atoms with Crippen molar-refractivity contribution in [3.63, 3.8) is 0 Å². The van der Waals surface area contributed by atoms with Crippen molar-refractivity contribution in [2.24, 2.45) is 0 Å². The van der Waals surface area contributed by atoms with Crippen molar-refractivity contribution in [3.8, 4) is 0 Å². The number of aromatic nitrogens is 1. The van der Waals surface area contributed by atoms with Crippen molar-refractivity contribution >= 4 is 57.6 Å². The van der Waals surface area contributed by atoms with Crippen LogP contribution in [0.2, 0.25) is 5.02 Å². The second-order valence-corrected chi connectivity index (χ2v) is 6.48. The van der Waals surface area contributed by atoms with Crippen LogP contribution in [-0.2, 0) is 4.79 Å². The van der Waals surface area contributed by atoms with E-state index < -0.39 is 5.82 Å². The Bertz CT molecular complexity index is 795. The van der Waals surface area contributed by atoms with Gasteiger partial charge in [0, 0.05) is 12.4 Å². The van der Waals surface area contributed by atoms with Crippen LogP contribution in [0.15, 0.2) is 47.6 Å². The van der Waals surface area contributed by atoms with Crippen molar-refractivity contribution in [1.82, 2.24) is 4.98 Å². The first-order chi connectivity index (χ1) is 10.6. The maximum absolute atomic E-state index is 13.3. The van der Waals surface area contributed by atoms with E-state index in [1.54, 1.807) is 30.6 Å². The fraction of sp³-hybridized carbons (Fsp3) is 0. The molecule has 1 aromatic heterocycles. The van der Waals surface area contributed by atoms with Gasteiger partial charge in [-0.2, -0.15) is 0 Å². The molecule has 0 unspecified atom stereocenters. The topological polar surface area (TPSA) is 33.2 Å². The number of thiocarbonyl (C=S) groups is 1. The summed E-state index contributed by atoms with van der Waals surface area (Å²) in [6, 6.07) is 7.66. The smallest absolute Gasteiger partial charge is 0.268 e. The summed E-state index contributed by atoms with van der Waals surface area (Å²) in [5, 5.41) is -0.0512. The molecule has 0 atom stereocenters. The molecule has 0 N–H and O–H groups in total. The molecule has 1 aliphatic heterocycles. The van der Waals surface area contributed by atoms with Gasteiger partial charge in [0.2, 0.25) is 0 Å². The highest BCUT2D eigenvalue weighted by Gasteiger charge is 2.33. The molecule has 1 aromatic carbocycles. The lowest BCUT2D eigenvalue weighted by Gasteiger charge is -2.14. The Morgan fingerprint density at radius 3 is 2.68 bits per heavy atom. The number of carbonyl (C=O) groups is 1. The second-order valence-electron chi connectivity index (χ2n) is 4.40. The third-order valence-corrected chi connectivity index (χ3v) is 4.55. The molecule has 22 heavy (non-hydrogen) atoms. The van der Waals surface area contributed by atoms with Crippen LogP contribution in [0.4, 0.5) is 10.1 Å². The van der Waals surface area contributed by atoms with Crippen molar-refractivity contribution in [1.29, 1.82) is 0 Å². The molecule has 2 heterocycles. The van der Waals surface area contributed by atoms with Crippen molar-refractivity contribution in [3.05, 3.63) is 64.0 Å². The normalized spacial score (nSPS) is 16.6. The van der Waals surface area contributed by atoms with Gasteiger partial charge >= 0.3 is 0 Å². The fourth-order valence-corrected chi connectivity index (χ4v) is 3.40. The molecule has 0 aliphatic carbocycles. The first-order valence-electron chi connectivity index (χ1n) is 6.19. The van der Waals surface area contributed by atoms with Gasteiger partial charge in [-0.1, -0.05) is 35.6 Å². The van der Waals surface area contributed by atoms with Gasteiger partial charge in [-0.3, -0.25) is 14.7 Å². The van der Waals surface area contributed by atoms with E-state index in [4.69, 9.17) is 23.8 Å². The molecule has 3 nitrogen and oxygen atoms in total. The molecular weight excluding hydrogens is 343 g/mol. The quantitative estimate of drug-likeness (QED) is 0.598. The molecule has 0 spiro atoms. The van der Waals surface area contributed by atoms with Crippen LogP contribution in [0, 0.1) is 5.82 Å². The van der Waals surface area contributed by atoms with E-state index in [1.165, 1.54) is 34.9 Å². The molecule has 0 saturated carbocycles. The number of hydrogen-bond donors (Lipinski definition) is 0. The minimum atomic E-state index is -0.539. The Morgan fingerprint density at radius 1 is 1.27 bits per heavy atom. The highest BCUT2D eigenvalue weighted by molar-refractivity contribution is 8.27. The lowest BCUT2D eigenvalue weighted by molar-refractivity contribution is -0.113. The van der Waals surface area contributed by atoms with E-state index >= 15 is 0 Å². The average Bonchev–Trinajstić information content (AvgIpc) is 2.78. The van der Waals surface area contributed by atoms with Crippen LogP contribution in [0.1, 0.15) is 5.56 Å². The lowest BCUT2D eigenvalue weighted by atomic mass is 10.2. The molecule has 7 heteroatoms. The molecule has 3 rings (SSSR count). The second kappa shape index (κ2) is 6.16. The number of benzene rings is 1. The number of hydrogen-bond acceptors (Lipinski definition) is 4. The summed E-state index contributed by atoms with van der Waals surface area (Å²) in [4.78, 5) is 18.3. The number of anilines is 1. The number of rotatable bonds is 2. The van der Waals surface area contributed by atoms with Gasteiger partial charge in [0.25, 0.3) is 5.91 Å². The monoisotopic (exact) mass is 350 g/mol. The van der Waals surface area contributed by atoms with Crippen molar-refractivity contribution in [2.75, 3.05) is 4.90 Å². The van der Waals surface area contributed by atoms with E-state index in [0.29, 0.717) is 14.9 Å². The van der Waals surface area contributed by atoms with Crippen LogP contribution >= 0.6 is 35.6 Å². The molecule has 1 amide bonds. The fourth-order valence-electron chi connectivity index (χ4n) is 1.93. The van der Waals surface area contributed by atoms with Crippen LogP contribution < -0.4 is 4.90 Å². The zero-order valence-corrected chi connectivity index (χ0v) is 13.4. The van der Waals surface area contributed by atoms with Gasteiger partial charge in [0.1, 0.15) is 5.82 Å². The summed E-state index contributed by atoms with van der Waals surface area (Å²) < 4.78 is 13.6. The SMILES string of the molecule is O=C1/C(=C\c2ccncc2)SC(=S)N1c1ccc(F)c(Cl)c1. The van der Waals surface area contributed by atoms with E-state index in [1.807, 2.05) is 0 Å². The maximum Gasteiger partial charge on any atom is 0.270 e. The molecule has 2 aromatic rings. The zero-order chi connectivity index (χ0) is 15.7. The first kappa shape index (κ1) is 15.1. The Balaban J connectivity index is 1.95. The number of thioether (sulfide) groups is 1. The maximum atomic E-state index is 13.3. The van der Waals surface area contributed by atoms with Gasteiger partial charge in [0.15, 0.2) is 4.32 Å². The summed E-state index contributed by atoms with van der Waals surface area (Å²) in [5.74, 6) is -0.794. The van der Waals surface area contributed by atoms with Gasteiger partial charge in [-0.05, 0) is 42.0 Å². The standard InChI is InChI=1S/C15H8ClFN2OS2/c16-11-8-10(1-2-12(11)17)19-14(20)13(22-15(19)21)7-9-3-5-18-6-4-9/h1-8H/b13-7+. The van der Waals surface area contributed by atoms with E-state index in [9.17, 15) is 9.18 Å². The summed E-state index contributed by atoms with van der Waals surface area (Å²) in [6.45, 7) is 0. The Morgan fingerprint density at radius 2 is 2.00 bits per heavy atom. The van der Waals surface area contributed by atoms with Gasteiger partial charge in [0.05, 0.1) is 15.6 Å². The van der Waals surface area contributed by atoms with Gasteiger partial charge in [-0.15, -0.1) is 0 Å². The number of nitrogens with zero attached hydrogens (tertiary/aromatic N) is 2. The van der Waals surface area contributed by atoms with E-state index in [-0.39, 0.29) is 10.9 Å². The average molecular weight is 351 g/mol. The number of pyridine rings is 1. The zero-order valence-electron chi connectivity index (χ0n) is 11.0. The highest BCUT2D eigenvalue weighted by atomic mass is 35.5. The van der Waals surface area contributed by atoms with Gasteiger partial charge < -0.3 is 0 Å². The van der Waals surface area contributed by atoms with Crippen LogP contribution in [0.5, 0.6) is 0 Å². The molecule has 0 bridgehead atoms. The summed E-state index contributed by atoms with van der Waals surface area (Å²) >= 11 is 12.2. The third kappa shape index (κ3) is 2.90. The Hall–Kier alpha value is -1.76.